The Labute approximate surface area is 237 Å². The molecule has 222 valence electrons. The quantitative estimate of drug-likeness (QED) is 0.360. The zero-order valence-corrected chi connectivity index (χ0v) is 23.6. The van der Waals surface area contributed by atoms with Crippen LogP contribution in [0.4, 0.5) is 4.79 Å². The Balaban J connectivity index is 2.16. The molecule has 0 saturated carbocycles. The molecular formula is C28H36N4O9. The zero-order chi connectivity index (χ0) is 30.4. The molecule has 0 bridgehead atoms. The third-order valence-electron chi connectivity index (χ3n) is 6.85. The Bertz CT molecular complexity index is 1340. The number of nitrogens with zero attached hydrogens (tertiary/aromatic N) is 3. The number of hydrogen-bond acceptors (Lipinski definition) is 8. The summed E-state index contributed by atoms with van der Waals surface area (Å²) in [5.74, 6) is -5.75. The molecular weight excluding hydrogens is 536 g/mol. The van der Waals surface area contributed by atoms with Crippen LogP contribution in [0, 0.1) is 12.8 Å². The molecule has 1 aromatic carbocycles. The lowest BCUT2D eigenvalue weighted by Gasteiger charge is -2.36. The normalized spacial score (nSPS) is 15.0. The van der Waals surface area contributed by atoms with Gasteiger partial charge in [0.1, 0.15) is 11.3 Å². The third-order valence-corrected chi connectivity index (χ3v) is 6.85. The average molecular weight is 573 g/mol. The first-order valence-corrected chi connectivity index (χ1v) is 13.4. The number of amides is 3. The molecule has 13 heteroatoms. The maximum atomic E-state index is 13.9. The van der Waals surface area contributed by atoms with Crippen LogP contribution in [0.2, 0.25) is 0 Å². The van der Waals surface area contributed by atoms with E-state index in [1.54, 1.807) is 39.0 Å². The van der Waals surface area contributed by atoms with Gasteiger partial charge in [0, 0.05) is 43.9 Å². The SMILES string of the molecule is CCOC(=O)N1CCN(C(=O)C(CCC(=O)O)c2nc3cc(C)ccc3c(OC(C(=O)O)C(C)C)c2C(N)=O)CC1. The third kappa shape index (κ3) is 7.21. The molecule has 0 radical (unpaired) electrons. The van der Waals surface area contributed by atoms with Crippen LogP contribution in [0.5, 0.6) is 5.75 Å². The van der Waals surface area contributed by atoms with Gasteiger partial charge in [0.05, 0.1) is 23.7 Å². The van der Waals surface area contributed by atoms with Crippen molar-refractivity contribution in [1.29, 1.82) is 0 Å². The fourth-order valence-corrected chi connectivity index (χ4v) is 4.76. The predicted molar refractivity (Wildman–Crippen MR) is 147 cm³/mol. The fraction of sp³-hybridized carbons (Fsp3) is 0.500. The van der Waals surface area contributed by atoms with Crippen LogP contribution >= 0.6 is 0 Å². The van der Waals surface area contributed by atoms with Crippen LogP contribution in [0.3, 0.4) is 0 Å². The number of piperazine rings is 1. The van der Waals surface area contributed by atoms with Crippen molar-refractivity contribution in [3.05, 3.63) is 35.0 Å². The Morgan fingerprint density at radius 3 is 2.22 bits per heavy atom. The van der Waals surface area contributed by atoms with E-state index in [1.165, 1.54) is 9.80 Å². The number of fused-ring (bicyclic) bond motifs is 1. The molecule has 2 atom stereocenters. The molecule has 0 spiro atoms. The number of rotatable bonds is 11. The number of carboxylic acids is 2. The monoisotopic (exact) mass is 572 g/mol. The zero-order valence-electron chi connectivity index (χ0n) is 23.6. The summed E-state index contributed by atoms with van der Waals surface area (Å²) in [6.45, 7) is 7.71. The number of benzene rings is 1. The molecule has 13 nitrogen and oxygen atoms in total. The molecule has 2 unspecified atom stereocenters. The summed E-state index contributed by atoms with van der Waals surface area (Å²) in [6.07, 6.45) is -2.46. The van der Waals surface area contributed by atoms with Crippen molar-refractivity contribution in [1.82, 2.24) is 14.8 Å². The highest BCUT2D eigenvalue weighted by atomic mass is 16.6. The van der Waals surface area contributed by atoms with E-state index >= 15 is 0 Å². The topological polar surface area (TPSA) is 190 Å². The molecule has 4 N–H and O–H groups in total. The number of carboxylic acid groups (broad SMARTS) is 2. The van der Waals surface area contributed by atoms with Crippen LogP contribution in [0.25, 0.3) is 10.9 Å². The fourth-order valence-electron chi connectivity index (χ4n) is 4.76. The van der Waals surface area contributed by atoms with Gasteiger partial charge in [-0.25, -0.2) is 9.59 Å². The first-order chi connectivity index (χ1) is 19.3. The molecule has 2 aromatic rings. The van der Waals surface area contributed by atoms with Crippen LogP contribution in [0.1, 0.15) is 61.1 Å². The minimum atomic E-state index is -1.35. The van der Waals surface area contributed by atoms with Gasteiger partial charge in [-0.2, -0.15) is 0 Å². The average Bonchev–Trinajstić information content (AvgIpc) is 2.90. The minimum absolute atomic E-state index is 0.0856. The van der Waals surface area contributed by atoms with E-state index in [0.29, 0.717) is 10.9 Å². The van der Waals surface area contributed by atoms with Crippen molar-refractivity contribution in [2.75, 3.05) is 32.8 Å². The molecule has 1 aliphatic heterocycles. The molecule has 0 aliphatic carbocycles. The van der Waals surface area contributed by atoms with E-state index < -0.39 is 54.2 Å². The Kier molecular flexibility index (Phi) is 10.1. The van der Waals surface area contributed by atoms with E-state index in [4.69, 9.17) is 15.2 Å². The number of nitrogens with two attached hydrogens (primary N) is 1. The molecule has 1 aromatic heterocycles. The van der Waals surface area contributed by atoms with Gasteiger partial charge in [0.25, 0.3) is 5.91 Å². The second kappa shape index (κ2) is 13.3. The van der Waals surface area contributed by atoms with Gasteiger partial charge >= 0.3 is 18.0 Å². The summed E-state index contributed by atoms with van der Waals surface area (Å²) in [5, 5.41) is 19.6. The van der Waals surface area contributed by atoms with Crippen molar-refractivity contribution < 1.29 is 43.7 Å². The van der Waals surface area contributed by atoms with Crippen molar-refractivity contribution in [3.8, 4) is 5.75 Å². The second-order valence-corrected chi connectivity index (χ2v) is 10.2. The van der Waals surface area contributed by atoms with Crippen LogP contribution < -0.4 is 10.5 Å². The number of hydrogen-bond donors (Lipinski definition) is 3. The number of ether oxygens (including phenoxy) is 2. The number of primary amides is 1. The van der Waals surface area contributed by atoms with Gasteiger partial charge in [0.2, 0.25) is 5.91 Å². The smallest absolute Gasteiger partial charge is 0.409 e. The molecule has 2 heterocycles. The minimum Gasteiger partial charge on any atom is -0.481 e. The summed E-state index contributed by atoms with van der Waals surface area (Å²) in [4.78, 5) is 70.1. The number of aromatic nitrogens is 1. The van der Waals surface area contributed by atoms with Crippen molar-refractivity contribution in [2.45, 2.75) is 52.6 Å². The predicted octanol–water partition coefficient (Wildman–Crippen LogP) is 2.38. The number of carbonyl (C=O) groups excluding carboxylic acids is 3. The molecule has 3 rings (SSSR count). The molecule has 1 aliphatic rings. The van der Waals surface area contributed by atoms with Gasteiger partial charge in [-0.15, -0.1) is 0 Å². The first-order valence-electron chi connectivity index (χ1n) is 13.4. The lowest BCUT2D eigenvalue weighted by atomic mass is 9.91. The first kappa shape index (κ1) is 31.1. The number of carbonyl (C=O) groups is 5. The van der Waals surface area contributed by atoms with Crippen LogP contribution in [0.15, 0.2) is 18.2 Å². The highest BCUT2D eigenvalue weighted by Crippen LogP contribution is 2.38. The lowest BCUT2D eigenvalue weighted by molar-refractivity contribution is -0.147. The Morgan fingerprint density at radius 1 is 1.05 bits per heavy atom. The molecule has 1 saturated heterocycles. The van der Waals surface area contributed by atoms with Crippen molar-refractivity contribution >= 4 is 40.7 Å². The van der Waals surface area contributed by atoms with Crippen LogP contribution in [-0.4, -0.2) is 93.7 Å². The lowest BCUT2D eigenvalue weighted by Crippen LogP contribution is -2.52. The summed E-state index contributed by atoms with van der Waals surface area (Å²) >= 11 is 0. The number of pyridine rings is 1. The van der Waals surface area contributed by atoms with Gasteiger partial charge in [0.15, 0.2) is 6.10 Å². The highest BCUT2D eigenvalue weighted by molar-refractivity contribution is 6.05. The molecule has 1 fully saturated rings. The summed E-state index contributed by atoms with van der Waals surface area (Å²) in [5.41, 5.74) is 6.58. The van der Waals surface area contributed by atoms with E-state index in [9.17, 15) is 34.2 Å². The van der Waals surface area contributed by atoms with Gasteiger partial charge in [-0.05, 0) is 38.0 Å². The largest absolute Gasteiger partial charge is 0.481 e. The maximum Gasteiger partial charge on any atom is 0.409 e. The van der Waals surface area contributed by atoms with E-state index in [1.807, 2.05) is 6.92 Å². The van der Waals surface area contributed by atoms with Crippen molar-refractivity contribution in [2.24, 2.45) is 11.7 Å². The Hall–Kier alpha value is -4.42. The van der Waals surface area contributed by atoms with Gasteiger partial charge < -0.3 is 35.2 Å². The van der Waals surface area contributed by atoms with Gasteiger partial charge in [-0.1, -0.05) is 19.9 Å². The molecule has 3 amide bonds. The second-order valence-electron chi connectivity index (χ2n) is 10.2. The molecule has 41 heavy (non-hydrogen) atoms. The standard InChI is InChI=1S/C28H36N4O9/c1-5-40-28(39)32-12-10-31(11-13-32)26(36)18(8-9-20(33)34)22-21(25(29)35)24(41-23(15(2)3)27(37)38)17-7-6-16(4)14-19(17)30-22/h6-7,14-15,18,23H,5,8-13H2,1-4H3,(H2,29,35)(H,33,34)(H,37,38). The van der Waals surface area contributed by atoms with E-state index in [-0.39, 0.29) is 56.2 Å². The van der Waals surface area contributed by atoms with Gasteiger partial charge in [-0.3, -0.25) is 19.4 Å². The summed E-state index contributed by atoms with van der Waals surface area (Å²) < 4.78 is 11.0. The van der Waals surface area contributed by atoms with E-state index in [0.717, 1.165) is 5.56 Å². The maximum absolute atomic E-state index is 13.9. The highest BCUT2D eigenvalue weighted by Gasteiger charge is 2.36. The van der Waals surface area contributed by atoms with E-state index in [2.05, 4.69) is 4.98 Å². The van der Waals surface area contributed by atoms with Crippen molar-refractivity contribution in [3.63, 3.8) is 0 Å². The summed E-state index contributed by atoms with van der Waals surface area (Å²) in [6, 6.07) is 5.06. The van der Waals surface area contributed by atoms with Crippen LogP contribution in [-0.2, 0) is 19.1 Å². The number of aliphatic carboxylic acids is 2. The number of aryl methyl sites for hydroxylation is 1. The Morgan fingerprint density at radius 2 is 1.68 bits per heavy atom. The summed E-state index contributed by atoms with van der Waals surface area (Å²) in [7, 11) is 0.